The molecule has 6 heteroatoms. The van der Waals surface area contributed by atoms with E-state index in [4.69, 9.17) is 19.6 Å². The molecule has 0 aliphatic rings. The lowest BCUT2D eigenvalue weighted by molar-refractivity contribution is 0.316. The molecular weight excluding hydrogens is 374 g/mol. The number of ether oxygens (including phenoxy) is 2. The van der Waals surface area contributed by atoms with Crippen molar-refractivity contribution in [3.63, 3.8) is 0 Å². The van der Waals surface area contributed by atoms with Crippen molar-refractivity contribution in [1.82, 2.24) is 0 Å². The average Bonchev–Trinajstić information content (AvgIpc) is 2.59. The second-order valence-electron chi connectivity index (χ2n) is 5.35. The van der Waals surface area contributed by atoms with Gasteiger partial charge in [0, 0.05) is 6.54 Å². The van der Waals surface area contributed by atoms with E-state index in [0.717, 1.165) is 10.9 Å². The molecule has 0 fully saturated rings. The maximum absolute atomic E-state index is 12.8. The van der Waals surface area contributed by atoms with Crippen molar-refractivity contribution in [2.24, 2.45) is 5.73 Å². The lowest BCUT2D eigenvalue weighted by atomic mass is 10.1. The van der Waals surface area contributed by atoms with E-state index in [9.17, 15) is 4.79 Å². The summed E-state index contributed by atoms with van der Waals surface area (Å²) in [6.07, 6.45) is 0.888. The molecule has 0 aliphatic heterocycles. The van der Waals surface area contributed by atoms with Crippen LogP contribution in [0, 0.1) is 0 Å². The number of halogens is 1. The molecule has 0 bridgehead atoms. The Labute approximate surface area is 147 Å². The first-order valence-corrected chi connectivity index (χ1v) is 8.59. The minimum absolute atomic E-state index is 0.113. The predicted molar refractivity (Wildman–Crippen MR) is 98.0 cm³/mol. The van der Waals surface area contributed by atoms with Crippen LogP contribution in [-0.4, -0.2) is 19.8 Å². The van der Waals surface area contributed by atoms with E-state index in [2.05, 4.69) is 15.9 Å². The summed E-state index contributed by atoms with van der Waals surface area (Å²) in [5.41, 5.74) is 6.36. The van der Waals surface area contributed by atoms with Crippen molar-refractivity contribution >= 4 is 37.9 Å². The van der Waals surface area contributed by atoms with Crippen LogP contribution in [0.2, 0.25) is 0 Å². The molecule has 0 spiro atoms. The van der Waals surface area contributed by atoms with Gasteiger partial charge in [0.05, 0.1) is 21.9 Å². The minimum Gasteiger partial charge on any atom is -0.492 e. The molecule has 0 amide bonds. The van der Waals surface area contributed by atoms with E-state index in [1.54, 1.807) is 30.3 Å². The van der Waals surface area contributed by atoms with E-state index in [1.165, 1.54) is 0 Å². The van der Waals surface area contributed by atoms with Crippen molar-refractivity contribution in [2.75, 3.05) is 19.8 Å². The first-order chi connectivity index (χ1) is 11.6. The highest BCUT2D eigenvalue weighted by molar-refractivity contribution is 9.10. The van der Waals surface area contributed by atoms with Gasteiger partial charge in [-0.1, -0.05) is 6.92 Å². The Bertz CT molecular complexity index is 936. The van der Waals surface area contributed by atoms with Gasteiger partial charge in [-0.05, 0) is 52.7 Å². The molecule has 2 N–H and O–H groups in total. The molecule has 0 unspecified atom stereocenters. The Hall–Kier alpha value is -2.05. The fraction of sp³-hybridized carbons (Fsp3) is 0.278. The molecular formula is C18H18BrNO4. The van der Waals surface area contributed by atoms with Gasteiger partial charge in [0.1, 0.15) is 29.3 Å². The molecule has 2 aromatic carbocycles. The summed E-state index contributed by atoms with van der Waals surface area (Å²) in [6.45, 7) is 3.42. The monoisotopic (exact) mass is 391 g/mol. The van der Waals surface area contributed by atoms with Gasteiger partial charge in [0.25, 0.3) is 0 Å². The van der Waals surface area contributed by atoms with E-state index >= 15 is 0 Å². The highest BCUT2D eigenvalue weighted by Crippen LogP contribution is 2.31. The largest absolute Gasteiger partial charge is 0.492 e. The number of fused-ring (bicyclic) bond motifs is 2. The summed E-state index contributed by atoms with van der Waals surface area (Å²) in [7, 11) is 0. The van der Waals surface area contributed by atoms with Crippen molar-refractivity contribution < 1.29 is 13.9 Å². The van der Waals surface area contributed by atoms with Gasteiger partial charge in [-0.2, -0.15) is 0 Å². The third-order valence-electron chi connectivity index (χ3n) is 3.54. The van der Waals surface area contributed by atoms with Crippen LogP contribution in [-0.2, 0) is 0 Å². The van der Waals surface area contributed by atoms with Gasteiger partial charge in [-0.3, -0.25) is 4.79 Å². The first-order valence-electron chi connectivity index (χ1n) is 7.80. The lowest BCUT2D eigenvalue weighted by Crippen LogP contribution is -2.11. The molecule has 24 heavy (non-hydrogen) atoms. The molecule has 0 radical (unpaired) electrons. The SMILES string of the molecule is CCCOc1cc2c(=O)c3cc(OCCN)ccc3oc2cc1Br. The fourth-order valence-corrected chi connectivity index (χ4v) is 2.86. The lowest BCUT2D eigenvalue weighted by Gasteiger charge is -2.09. The average molecular weight is 392 g/mol. The van der Waals surface area contributed by atoms with Gasteiger partial charge < -0.3 is 19.6 Å². The Morgan fingerprint density at radius 2 is 1.88 bits per heavy atom. The zero-order chi connectivity index (χ0) is 17.1. The van der Waals surface area contributed by atoms with Gasteiger partial charge in [0.2, 0.25) is 5.43 Å². The molecule has 3 aromatic rings. The highest BCUT2D eigenvalue weighted by atomic mass is 79.9. The quantitative estimate of drug-likeness (QED) is 0.646. The summed E-state index contributed by atoms with van der Waals surface area (Å²) in [6, 6.07) is 8.66. The van der Waals surface area contributed by atoms with Gasteiger partial charge in [0.15, 0.2) is 0 Å². The topological polar surface area (TPSA) is 74.7 Å². The predicted octanol–water partition coefficient (Wildman–Crippen LogP) is 3.84. The highest BCUT2D eigenvalue weighted by Gasteiger charge is 2.12. The maximum atomic E-state index is 12.8. The Morgan fingerprint density at radius 1 is 1.08 bits per heavy atom. The molecule has 0 aliphatic carbocycles. The van der Waals surface area contributed by atoms with E-state index in [-0.39, 0.29) is 5.43 Å². The fourth-order valence-electron chi connectivity index (χ4n) is 2.43. The molecule has 0 atom stereocenters. The van der Waals surface area contributed by atoms with Crippen LogP contribution < -0.4 is 20.6 Å². The van der Waals surface area contributed by atoms with Gasteiger partial charge in [-0.25, -0.2) is 0 Å². The number of hydrogen-bond donors (Lipinski definition) is 1. The molecule has 1 heterocycles. The molecule has 126 valence electrons. The van der Waals surface area contributed by atoms with Crippen molar-refractivity contribution in [3.8, 4) is 11.5 Å². The van der Waals surface area contributed by atoms with Crippen LogP contribution in [0.3, 0.4) is 0 Å². The Morgan fingerprint density at radius 3 is 2.62 bits per heavy atom. The van der Waals surface area contributed by atoms with E-state index in [0.29, 0.717) is 53.2 Å². The Balaban J connectivity index is 2.16. The Kier molecular flexibility index (Phi) is 5.06. The zero-order valence-electron chi connectivity index (χ0n) is 13.3. The van der Waals surface area contributed by atoms with E-state index < -0.39 is 0 Å². The number of benzene rings is 2. The summed E-state index contributed by atoms with van der Waals surface area (Å²) >= 11 is 3.46. The van der Waals surface area contributed by atoms with Gasteiger partial charge >= 0.3 is 0 Å². The van der Waals surface area contributed by atoms with Crippen molar-refractivity contribution in [3.05, 3.63) is 45.0 Å². The second kappa shape index (κ2) is 7.23. The van der Waals surface area contributed by atoms with Crippen LogP contribution in [0.25, 0.3) is 21.9 Å². The van der Waals surface area contributed by atoms with Crippen LogP contribution in [0.1, 0.15) is 13.3 Å². The maximum Gasteiger partial charge on any atom is 0.200 e. The summed E-state index contributed by atoms with van der Waals surface area (Å²) < 4.78 is 17.8. The van der Waals surface area contributed by atoms with Crippen LogP contribution in [0.5, 0.6) is 11.5 Å². The zero-order valence-corrected chi connectivity index (χ0v) is 14.9. The van der Waals surface area contributed by atoms with Crippen LogP contribution in [0.15, 0.2) is 44.0 Å². The molecule has 5 nitrogen and oxygen atoms in total. The smallest absolute Gasteiger partial charge is 0.200 e. The van der Waals surface area contributed by atoms with Crippen LogP contribution >= 0.6 is 15.9 Å². The summed E-state index contributed by atoms with van der Waals surface area (Å²) in [5.74, 6) is 1.23. The normalized spacial score (nSPS) is 11.1. The summed E-state index contributed by atoms with van der Waals surface area (Å²) in [4.78, 5) is 12.8. The summed E-state index contributed by atoms with van der Waals surface area (Å²) in [5, 5.41) is 0.952. The van der Waals surface area contributed by atoms with E-state index in [1.807, 2.05) is 6.92 Å². The second-order valence-corrected chi connectivity index (χ2v) is 6.21. The number of nitrogens with two attached hydrogens (primary N) is 1. The van der Waals surface area contributed by atoms with Gasteiger partial charge in [-0.15, -0.1) is 0 Å². The third kappa shape index (κ3) is 3.25. The van der Waals surface area contributed by atoms with Crippen molar-refractivity contribution in [1.29, 1.82) is 0 Å². The standard InChI is InChI=1S/C18H18BrNO4/c1-2-6-23-17-9-13-16(10-14(17)19)24-15-4-3-11(22-7-5-20)8-12(15)18(13)21/h3-4,8-10H,2,5-7,20H2,1H3. The number of rotatable bonds is 6. The molecule has 1 aromatic heterocycles. The first kappa shape index (κ1) is 16.8. The third-order valence-corrected chi connectivity index (χ3v) is 4.16. The molecule has 0 saturated carbocycles. The minimum atomic E-state index is -0.113. The molecule has 0 saturated heterocycles. The number of hydrogen-bond acceptors (Lipinski definition) is 5. The molecule has 3 rings (SSSR count). The van der Waals surface area contributed by atoms with Crippen LogP contribution in [0.4, 0.5) is 0 Å². The van der Waals surface area contributed by atoms with Crippen molar-refractivity contribution in [2.45, 2.75) is 13.3 Å².